The number of hydrogen-bond acceptors (Lipinski definition) is 2. The Balaban J connectivity index is 3.31. The maximum absolute atomic E-state index is 13.1. The van der Waals surface area contributed by atoms with Gasteiger partial charge >= 0.3 is 0 Å². The fourth-order valence-electron chi connectivity index (χ4n) is 0.959. The number of nitriles is 1. The summed E-state index contributed by atoms with van der Waals surface area (Å²) >= 11 is 5.29. The monoisotopic (exact) mass is 220 g/mol. The molecule has 0 fully saturated rings. The van der Waals surface area contributed by atoms with Crippen LogP contribution in [0.4, 0.5) is 13.2 Å². The predicted molar refractivity (Wildman–Crippen MR) is 43.5 cm³/mol. The fourth-order valence-corrected chi connectivity index (χ4v) is 1.12. The lowest BCUT2D eigenvalue weighted by Gasteiger charge is -2.06. The lowest BCUT2D eigenvalue weighted by molar-refractivity contribution is 0.149. The van der Waals surface area contributed by atoms with Crippen LogP contribution in [0.5, 0.6) is 0 Å². The van der Waals surface area contributed by atoms with Crippen molar-refractivity contribution in [2.45, 2.75) is 12.8 Å². The standard InChI is InChI=1S/C8H4ClF3N2/c9-7-6(10)4(1-2-13)5(3-14-7)8(11)12/h3,8H,1H2. The zero-order valence-corrected chi connectivity index (χ0v) is 7.52. The summed E-state index contributed by atoms with van der Waals surface area (Å²) in [5.41, 5.74) is -0.976. The van der Waals surface area contributed by atoms with Crippen LogP contribution in [0.2, 0.25) is 5.15 Å². The highest BCUT2D eigenvalue weighted by Gasteiger charge is 2.19. The zero-order chi connectivity index (χ0) is 10.7. The number of halogens is 4. The van der Waals surface area contributed by atoms with Crippen LogP contribution in [-0.2, 0) is 6.42 Å². The fraction of sp³-hybridized carbons (Fsp3) is 0.250. The first-order valence-corrected chi connectivity index (χ1v) is 3.93. The van der Waals surface area contributed by atoms with Crippen molar-refractivity contribution >= 4 is 11.6 Å². The molecule has 0 radical (unpaired) electrons. The second-order valence-corrected chi connectivity index (χ2v) is 2.79. The largest absolute Gasteiger partial charge is 0.265 e. The molecule has 1 heterocycles. The van der Waals surface area contributed by atoms with Gasteiger partial charge < -0.3 is 0 Å². The zero-order valence-electron chi connectivity index (χ0n) is 6.77. The van der Waals surface area contributed by atoms with Gasteiger partial charge in [0.05, 0.1) is 12.5 Å². The number of alkyl halides is 2. The molecule has 74 valence electrons. The van der Waals surface area contributed by atoms with E-state index in [2.05, 4.69) is 4.98 Å². The van der Waals surface area contributed by atoms with Crippen LogP contribution in [0.1, 0.15) is 17.6 Å². The highest BCUT2D eigenvalue weighted by molar-refractivity contribution is 6.29. The van der Waals surface area contributed by atoms with E-state index in [0.29, 0.717) is 0 Å². The Morgan fingerprint density at radius 1 is 1.57 bits per heavy atom. The minimum atomic E-state index is -2.86. The molecule has 0 bridgehead atoms. The van der Waals surface area contributed by atoms with Gasteiger partial charge in [-0.05, 0) is 0 Å². The molecule has 0 saturated carbocycles. The Bertz CT molecular complexity index is 387. The van der Waals surface area contributed by atoms with Gasteiger partial charge in [0.15, 0.2) is 11.0 Å². The van der Waals surface area contributed by atoms with Gasteiger partial charge in [0.1, 0.15) is 0 Å². The molecule has 0 aliphatic rings. The maximum Gasteiger partial charge on any atom is 0.265 e. The van der Waals surface area contributed by atoms with Gasteiger partial charge in [-0.3, -0.25) is 0 Å². The highest BCUT2D eigenvalue weighted by atomic mass is 35.5. The van der Waals surface area contributed by atoms with Gasteiger partial charge in [0, 0.05) is 17.3 Å². The summed E-state index contributed by atoms with van der Waals surface area (Å²) in [7, 11) is 0. The SMILES string of the molecule is N#CCc1c(C(F)F)cnc(Cl)c1F. The second kappa shape index (κ2) is 4.29. The Morgan fingerprint density at radius 3 is 2.71 bits per heavy atom. The molecule has 0 saturated heterocycles. The van der Waals surface area contributed by atoms with Crippen molar-refractivity contribution in [2.75, 3.05) is 0 Å². The number of rotatable bonds is 2. The number of hydrogen-bond donors (Lipinski definition) is 0. The summed E-state index contributed by atoms with van der Waals surface area (Å²) in [5, 5.41) is 7.82. The molecule has 0 spiro atoms. The minimum Gasteiger partial charge on any atom is -0.241 e. The van der Waals surface area contributed by atoms with Crippen LogP contribution < -0.4 is 0 Å². The summed E-state index contributed by atoms with van der Waals surface area (Å²) in [4.78, 5) is 3.24. The first-order valence-electron chi connectivity index (χ1n) is 3.55. The van der Waals surface area contributed by atoms with Crippen LogP contribution >= 0.6 is 11.6 Å². The summed E-state index contributed by atoms with van der Waals surface area (Å²) in [6, 6.07) is 1.59. The number of pyridine rings is 1. The van der Waals surface area contributed by atoms with Gasteiger partial charge in [-0.25, -0.2) is 18.2 Å². The van der Waals surface area contributed by atoms with E-state index in [1.54, 1.807) is 6.07 Å². The lowest BCUT2D eigenvalue weighted by Crippen LogP contribution is -2.00. The van der Waals surface area contributed by atoms with Crippen molar-refractivity contribution in [3.8, 4) is 6.07 Å². The molecule has 0 N–H and O–H groups in total. The van der Waals surface area contributed by atoms with Crippen LogP contribution in [0.15, 0.2) is 6.20 Å². The molecule has 0 amide bonds. The van der Waals surface area contributed by atoms with Gasteiger partial charge in [-0.2, -0.15) is 5.26 Å². The molecule has 14 heavy (non-hydrogen) atoms. The van der Waals surface area contributed by atoms with E-state index in [1.807, 2.05) is 0 Å². The van der Waals surface area contributed by atoms with Crippen LogP contribution in [0, 0.1) is 17.1 Å². The topological polar surface area (TPSA) is 36.7 Å². The molecule has 6 heteroatoms. The second-order valence-electron chi connectivity index (χ2n) is 2.43. The molecule has 1 rings (SSSR count). The third kappa shape index (κ3) is 1.96. The van der Waals surface area contributed by atoms with Crippen LogP contribution in [0.25, 0.3) is 0 Å². The van der Waals surface area contributed by atoms with Gasteiger partial charge in [0.2, 0.25) is 0 Å². The minimum absolute atomic E-state index is 0.387. The molecule has 0 unspecified atom stereocenters. The first kappa shape index (κ1) is 10.8. The maximum atomic E-state index is 13.1. The quantitative estimate of drug-likeness (QED) is 0.719. The average Bonchev–Trinajstić information content (AvgIpc) is 2.13. The first-order chi connectivity index (χ1) is 6.57. The van der Waals surface area contributed by atoms with Gasteiger partial charge in [-0.15, -0.1) is 0 Å². The van der Waals surface area contributed by atoms with Crippen molar-refractivity contribution in [1.29, 1.82) is 5.26 Å². The van der Waals surface area contributed by atoms with E-state index in [0.717, 1.165) is 6.20 Å². The Kier molecular flexibility index (Phi) is 3.31. The molecule has 0 atom stereocenters. The summed E-state index contributed by atoms with van der Waals surface area (Å²) < 4.78 is 37.7. The highest BCUT2D eigenvalue weighted by Crippen LogP contribution is 2.27. The molecule has 1 aromatic heterocycles. The smallest absolute Gasteiger partial charge is 0.241 e. The normalized spacial score (nSPS) is 10.3. The molecule has 0 aromatic carbocycles. The van der Waals surface area contributed by atoms with E-state index in [9.17, 15) is 13.2 Å². The summed E-state index contributed by atoms with van der Waals surface area (Å²) in [5.74, 6) is -1.05. The molecule has 0 aliphatic carbocycles. The Hall–Kier alpha value is -1.28. The third-order valence-electron chi connectivity index (χ3n) is 1.60. The average molecular weight is 221 g/mol. The third-order valence-corrected chi connectivity index (χ3v) is 1.87. The molecule has 0 aliphatic heterocycles. The van der Waals surface area contributed by atoms with E-state index in [-0.39, 0.29) is 5.56 Å². The predicted octanol–water partition coefficient (Wildman–Crippen LogP) is 2.88. The van der Waals surface area contributed by atoms with Crippen molar-refractivity contribution in [1.82, 2.24) is 4.98 Å². The molecular weight excluding hydrogens is 217 g/mol. The van der Waals surface area contributed by atoms with Crippen molar-refractivity contribution in [3.05, 3.63) is 28.3 Å². The summed E-state index contributed by atoms with van der Waals surface area (Å²) in [6.45, 7) is 0. The van der Waals surface area contributed by atoms with Crippen molar-refractivity contribution in [3.63, 3.8) is 0 Å². The van der Waals surface area contributed by atoms with Crippen molar-refractivity contribution < 1.29 is 13.2 Å². The summed E-state index contributed by atoms with van der Waals surface area (Å²) in [6.07, 6.45) is -2.53. The van der Waals surface area contributed by atoms with Crippen LogP contribution in [0.3, 0.4) is 0 Å². The molecule has 2 nitrogen and oxygen atoms in total. The lowest BCUT2D eigenvalue weighted by atomic mass is 10.1. The molecule has 1 aromatic rings. The van der Waals surface area contributed by atoms with Crippen molar-refractivity contribution in [2.24, 2.45) is 0 Å². The number of aromatic nitrogens is 1. The van der Waals surface area contributed by atoms with E-state index < -0.39 is 29.4 Å². The van der Waals surface area contributed by atoms with E-state index >= 15 is 0 Å². The van der Waals surface area contributed by atoms with Crippen LogP contribution in [-0.4, -0.2) is 4.98 Å². The molecular formula is C8H4ClF3N2. The number of nitrogens with zero attached hydrogens (tertiary/aromatic N) is 2. The van der Waals surface area contributed by atoms with E-state index in [4.69, 9.17) is 16.9 Å². The van der Waals surface area contributed by atoms with E-state index in [1.165, 1.54) is 0 Å². The van der Waals surface area contributed by atoms with Gasteiger partial charge in [-0.1, -0.05) is 11.6 Å². The Labute approximate surface area is 82.9 Å². The van der Waals surface area contributed by atoms with Gasteiger partial charge in [0.25, 0.3) is 6.43 Å². The Morgan fingerprint density at radius 2 is 2.21 bits per heavy atom.